The van der Waals surface area contributed by atoms with Crippen molar-refractivity contribution in [1.29, 1.82) is 0 Å². The topological polar surface area (TPSA) is 108 Å². The fourth-order valence-electron chi connectivity index (χ4n) is 4.70. The van der Waals surface area contributed by atoms with Crippen molar-refractivity contribution in [2.24, 2.45) is 5.92 Å². The van der Waals surface area contributed by atoms with Crippen LogP contribution in [0.25, 0.3) is 0 Å². The van der Waals surface area contributed by atoms with Gasteiger partial charge in [-0.05, 0) is 60.5 Å². The number of benzene rings is 3. The molecule has 0 aliphatic carbocycles. The number of amides is 2. The van der Waals surface area contributed by atoms with Crippen LogP contribution in [0.15, 0.2) is 75.7 Å². The van der Waals surface area contributed by atoms with Crippen molar-refractivity contribution < 1.29 is 22.4 Å². The molecule has 40 heavy (non-hydrogen) atoms. The van der Waals surface area contributed by atoms with Gasteiger partial charge in [0.05, 0.1) is 17.5 Å². The highest BCUT2D eigenvalue weighted by Crippen LogP contribution is 2.36. The number of nitrogens with one attached hydrogen (secondary N) is 3. The quantitative estimate of drug-likeness (QED) is 0.286. The molecule has 0 radical (unpaired) electrons. The maximum atomic E-state index is 14.3. The van der Waals surface area contributed by atoms with E-state index >= 15 is 0 Å². The summed E-state index contributed by atoms with van der Waals surface area (Å²) in [6.07, 6.45) is 0. The average molecular weight is 696 g/mol. The van der Waals surface area contributed by atoms with E-state index in [-0.39, 0.29) is 29.0 Å². The molecule has 1 saturated heterocycles. The van der Waals surface area contributed by atoms with Crippen LogP contribution in [-0.2, 0) is 14.8 Å². The van der Waals surface area contributed by atoms with E-state index in [9.17, 15) is 22.4 Å². The molecule has 1 fully saturated rings. The number of nitrogens with zero attached hydrogens (tertiary/aromatic N) is 1. The van der Waals surface area contributed by atoms with Gasteiger partial charge in [0.2, 0.25) is 15.9 Å². The average Bonchev–Trinajstić information content (AvgIpc) is 2.88. The SMILES string of the molecule is CNC(=O)C(C)NC(=O)c1cc(F)cc(NS(=O)(=O)CC2CN(C(c3ccc(Br)cc3)c3ccc(Br)cc3)C2)c1. The number of halogens is 3. The summed E-state index contributed by atoms with van der Waals surface area (Å²) in [5.74, 6) is -2.17. The fraction of sp³-hybridized carbons (Fsp3) is 0.286. The van der Waals surface area contributed by atoms with Gasteiger partial charge in [-0.3, -0.25) is 19.2 Å². The first-order chi connectivity index (χ1) is 18.9. The van der Waals surface area contributed by atoms with Crippen molar-refractivity contribution in [3.8, 4) is 0 Å². The molecule has 4 rings (SSSR count). The van der Waals surface area contributed by atoms with Crippen molar-refractivity contribution in [3.05, 3.63) is 98.2 Å². The Morgan fingerprint density at radius 3 is 2.05 bits per heavy atom. The van der Waals surface area contributed by atoms with Gasteiger partial charge in [-0.15, -0.1) is 0 Å². The molecule has 1 atom stereocenters. The van der Waals surface area contributed by atoms with E-state index in [4.69, 9.17) is 0 Å². The number of carbonyl (C=O) groups excluding carboxylic acids is 2. The summed E-state index contributed by atoms with van der Waals surface area (Å²) in [4.78, 5) is 26.4. The van der Waals surface area contributed by atoms with Crippen LogP contribution < -0.4 is 15.4 Å². The highest BCUT2D eigenvalue weighted by Gasteiger charge is 2.36. The molecule has 3 aromatic carbocycles. The Balaban J connectivity index is 1.42. The summed E-state index contributed by atoms with van der Waals surface area (Å²) in [5.41, 5.74) is 2.04. The Morgan fingerprint density at radius 2 is 1.52 bits per heavy atom. The molecule has 0 bridgehead atoms. The Hall–Kier alpha value is -2.80. The Kier molecular flexibility index (Phi) is 9.65. The monoisotopic (exact) mass is 694 g/mol. The third-order valence-electron chi connectivity index (χ3n) is 6.60. The van der Waals surface area contributed by atoms with E-state index in [2.05, 4.69) is 76.4 Å². The third-order valence-corrected chi connectivity index (χ3v) is 9.11. The van der Waals surface area contributed by atoms with Gasteiger partial charge in [-0.1, -0.05) is 56.1 Å². The first-order valence-electron chi connectivity index (χ1n) is 12.5. The molecule has 12 heteroatoms. The largest absolute Gasteiger partial charge is 0.357 e. The van der Waals surface area contributed by atoms with Crippen LogP contribution in [0.2, 0.25) is 0 Å². The van der Waals surface area contributed by atoms with Gasteiger partial charge in [0, 0.05) is 40.6 Å². The highest BCUT2D eigenvalue weighted by atomic mass is 79.9. The molecule has 1 aliphatic heterocycles. The molecule has 0 aromatic heterocycles. The molecule has 212 valence electrons. The Bertz CT molecular complexity index is 1440. The van der Waals surface area contributed by atoms with Crippen molar-refractivity contribution in [2.45, 2.75) is 19.0 Å². The molecular weight excluding hydrogens is 667 g/mol. The van der Waals surface area contributed by atoms with Gasteiger partial charge in [0.25, 0.3) is 5.91 Å². The zero-order chi connectivity index (χ0) is 29.0. The predicted molar refractivity (Wildman–Crippen MR) is 160 cm³/mol. The lowest BCUT2D eigenvalue weighted by atomic mass is 9.91. The number of hydrogen-bond donors (Lipinski definition) is 3. The van der Waals surface area contributed by atoms with E-state index in [1.165, 1.54) is 20.0 Å². The Morgan fingerprint density at radius 1 is 0.975 bits per heavy atom. The second-order valence-corrected chi connectivity index (χ2v) is 13.3. The lowest BCUT2D eigenvalue weighted by molar-refractivity contribution is -0.122. The number of likely N-dealkylation sites (N-methyl/N-ethyl adjacent to an activating group) is 1. The summed E-state index contributed by atoms with van der Waals surface area (Å²) in [6.45, 7) is 2.61. The van der Waals surface area contributed by atoms with Gasteiger partial charge in [-0.25, -0.2) is 12.8 Å². The Labute approximate surface area is 250 Å². The first kappa shape index (κ1) is 30.2. The van der Waals surface area contributed by atoms with E-state index < -0.39 is 33.7 Å². The van der Waals surface area contributed by atoms with Gasteiger partial charge >= 0.3 is 0 Å². The van der Waals surface area contributed by atoms with E-state index in [1.54, 1.807) is 0 Å². The lowest BCUT2D eigenvalue weighted by Gasteiger charge is -2.44. The van der Waals surface area contributed by atoms with Crippen LogP contribution in [0.4, 0.5) is 10.1 Å². The number of rotatable bonds is 10. The zero-order valence-corrected chi connectivity index (χ0v) is 25.8. The molecule has 8 nitrogen and oxygen atoms in total. The van der Waals surface area contributed by atoms with Crippen LogP contribution >= 0.6 is 31.9 Å². The molecule has 3 aromatic rings. The zero-order valence-electron chi connectivity index (χ0n) is 21.8. The summed E-state index contributed by atoms with van der Waals surface area (Å²) < 4.78 is 44.6. The number of likely N-dealkylation sites (tertiary alicyclic amines) is 1. The minimum Gasteiger partial charge on any atom is -0.357 e. The molecule has 1 heterocycles. The maximum absolute atomic E-state index is 14.3. The molecule has 2 amide bonds. The standard InChI is InChI=1S/C28H29Br2FN4O4S/c1-17(27(36)32-2)33-28(37)21-11-24(31)13-25(12-21)34-40(38,39)16-18-14-35(15-18)26(19-3-7-22(29)8-4-19)20-5-9-23(30)10-6-20/h3-13,17-18,26,34H,14-16H2,1-2H3,(H,32,36)(H,33,37). The minimum absolute atomic E-state index is 0.0328. The predicted octanol–water partition coefficient (Wildman–Crippen LogP) is 4.68. The van der Waals surface area contributed by atoms with Crippen LogP contribution in [0.1, 0.15) is 34.5 Å². The number of hydrogen-bond acceptors (Lipinski definition) is 5. The molecular formula is C28H29Br2FN4O4S. The van der Waals surface area contributed by atoms with Crippen LogP contribution in [0.3, 0.4) is 0 Å². The molecule has 3 N–H and O–H groups in total. The van der Waals surface area contributed by atoms with Gasteiger partial charge in [0.15, 0.2) is 0 Å². The summed E-state index contributed by atoms with van der Waals surface area (Å²) >= 11 is 6.96. The highest BCUT2D eigenvalue weighted by molar-refractivity contribution is 9.10. The van der Waals surface area contributed by atoms with Crippen LogP contribution in [0, 0.1) is 11.7 Å². The second-order valence-electron chi connectivity index (χ2n) is 9.75. The molecule has 0 spiro atoms. The lowest BCUT2D eigenvalue weighted by Crippen LogP contribution is -2.51. The fourth-order valence-corrected chi connectivity index (χ4v) is 6.62. The number of sulfonamides is 1. The third kappa shape index (κ3) is 7.68. The van der Waals surface area contributed by atoms with Crippen molar-refractivity contribution in [3.63, 3.8) is 0 Å². The summed E-state index contributed by atoms with van der Waals surface area (Å²) in [7, 11) is -2.40. The van der Waals surface area contributed by atoms with Gasteiger partial charge in [0.1, 0.15) is 11.9 Å². The van der Waals surface area contributed by atoms with Crippen molar-refractivity contribution >= 4 is 59.4 Å². The summed E-state index contributed by atoms with van der Waals surface area (Å²) in [6, 6.07) is 18.5. The normalized spacial score (nSPS) is 14.8. The van der Waals surface area contributed by atoms with Crippen molar-refractivity contribution in [1.82, 2.24) is 15.5 Å². The van der Waals surface area contributed by atoms with E-state index in [1.807, 2.05) is 24.3 Å². The molecule has 1 aliphatic rings. The van der Waals surface area contributed by atoms with Crippen LogP contribution in [0.5, 0.6) is 0 Å². The van der Waals surface area contributed by atoms with Crippen molar-refractivity contribution in [2.75, 3.05) is 30.6 Å². The molecule has 0 saturated carbocycles. The maximum Gasteiger partial charge on any atom is 0.252 e. The number of carbonyl (C=O) groups is 2. The van der Waals surface area contributed by atoms with Gasteiger partial charge in [-0.2, -0.15) is 0 Å². The van der Waals surface area contributed by atoms with E-state index in [0.29, 0.717) is 13.1 Å². The van der Waals surface area contributed by atoms with Crippen LogP contribution in [-0.4, -0.2) is 57.1 Å². The summed E-state index contributed by atoms with van der Waals surface area (Å²) in [5, 5.41) is 4.87. The minimum atomic E-state index is -3.84. The van der Waals surface area contributed by atoms with E-state index in [0.717, 1.165) is 32.2 Å². The molecule has 1 unspecified atom stereocenters. The first-order valence-corrected chi connectivity index (χ1v) is 15.8. The second kappa shape index (κ2) is 12.8. The smallest absolute Gasteiger partial charge is 0.252 e. The number of anilines is 1. The van der Waals surface area contributed by atoms with Gasteiger partial charge < -0.3 is 10.6 Å².